The summed E-state index contributed by atoms with van der Waals surface area (Å²) in [6, 6.07) is -0.751. The maximum atomic E-state index is 11.7. The van der Waals surface area contributed by atoms with Gasteiger partial charge in [-0.2, -0.15) is 0 Å². The van der Waals surface area contributed by atoms with Gasteiger partial charge in [-0.3, -0.25) is 4.79 Å². The first-order valence-corrected chi connectivity index (χ1v) is 5.58. The van der Waals surface area contributed by atoms with Crippen molar-refractivity contribution < 1.29 is 14.3 Å². The van der Waals surface area contributed by atoms with E-state index in [1.807, 2.05) is 41.5 Å². The van der Waals surface area contributed by atoms with Gasteiger partial charge >= 0.3 is 5.97 Å². The van der Waals surface area contributed by atoms with E-state index in [4.69, 9.17) is 15.2 Å². The Morgan fingerprint density at radius 2 is 1.50 bits per heavy atom. The van der Waals surface area contributed by atoms with E-state index in [1.54, 1.807) is 6.92 Å². The summed E-state index contributed by atoms with van der Waals surface area (Å²) in [4.78, 5) is 11.7. The Balaban J connectivity index is 4.34. The molecule has 0 aromatic carbocycles. The van der Waals surface area contributed by atoms with Crippen LogP contribution in [-0.2, 0) is 14.3 Å². The van der Waals surface area contributed by atoms with E-state index in [0.29, 0.717) is 0 Å². The molecule has 0 aliphatic rings. The molecule has 0 saturated carbocycles. The van der Waals surface area contributed by atoms with E-state index in [0.717, 1.165) is 0 Å². The molecular formula is C12H25NO3. The lowest BCUT2D eigenvalue weighted by molar-refractivity contribution is -0.162. The van der Waals surface area contributed by atoms with Crippen LogP contribution in [0.3, 0.4) is 0 Å². The number of carbonyl (C=O) groups excluding carboxylic acids is 1. The Morgan fingerprint density at radius 1 is 1.06 bits per heavy atom. The van der Waals surface area contributed by atoms with E-state index in [9.17, 15) is 4.79 Å². The summed E-state index contributed by atoms with van der Waals surface area (Å²) in [5.41, 5.74) is 4.94. The summed E-state index contributed by atoms with van der Waals surface area (Å²) in [6.07, 6.45) is -0.366. The number of nitrogens with two attached hydrogens (primary N) is 1. The molecule has 0 spiro atoms. The number of hydrogen-bond donors (Lipinski definition) is 1. The molecule has 2 N–H and O–H groups in total. The normalized spacial score (nSPS) is 16.8. The van der Waals surface area contributed by atoms with E-state index in [1.165, 1.54) is 0 Å². The van der Waals surface area contributed by atoms with Crippen molar-refractivity contribution in [3.8, 4) is 0 Å². The second kappa shape index (κ2) is 5.15. The average Bonchev–Trinajstić information content (AvgIpc) is 1.96. The minimum absolute atomic E-state index is 0.320. The molecular weight excluding hydrogens is 206 g/mol. The van der Waals surface area contributed by atoms with Crippen LogP contribution < -0.4 is 5.73 Å². The molecule has 0 aromatic rings. The Kier molecular flexibility index (Phi) is 4.95. The number of carbonyl (C=O) groups is 1. The molecule has 0 rings (SSSR count). The fourth-order valence-electron chi connectivity index (χ4n) is 1.19. The van der Waals surface area contributed by atoms with Crippen molar-refractivity contribution in [1.29, 1.82) is 0 Å². The molecule has 96 valence electrons. The lowest BCUT2D eigenvalue weighted by atomic mass is 10.1. The SMILES string of the molecule is CC(OC(C)(C)C)C(N)C(=O)OC(C)(C)C. The number of ether oxygens (including phenoxy) is 2. The number of hydrogen-bond acceptors (Lipinski definition) is 4. The van der Waals surface area contributed by atoms with Crippen molar-refractivity contribution in [1.82, 2.24) is 0 Å². The Morgan fingerprint density at radius 3 is 1.81 bits per heavy atom. The highest BCUT2D eigenvalue weighted by Gasteiger charge is 2.29. The quantitative estimate of drug-likeness (QED) is 0.753. The van der Waals surface area contributed by atoms with E-state index in [2.05, 4.69) is 0 Å². The predicted octanol–water partition coefficient (Wildman–Crippen LogP) is 1.86. The van der Waals surface area contributed by atoms with Crippen LogP contribution >= 0.6 is 0 Å². The summed E-state index contributed by atoms with van der Waals surface area (Å²) in [6.45, 7) is 13.0. The van der Waals surface area contributed by atoms with Gasteiger partial charge in [0.05, 0.1) is 11.7 Å². The van der Waals surface area contributed by atoms with Gasteiger partial charge in [-0.05, 0) is 48.5 Å². The van der Waals surface area contributed by atoms with Crippen LogP contribution in [0.1, 0.15) is 48.5 Å². The second-order valence-electron chi connectivity index (χ2n) is 5.99. The third-order valence-corrected chi connectivity index (χ3v) is 1.72. The fourth-order valence-corrected chi connectivity index (χ4v) is 1.19. The van der Waals surface area contributed by atoms with Gasteiger partial charge in [-0.1, -0.05) is 0 Å². The van der Waals surface area contributed by atoms with E-state index >= 15 is 0 Å². The van der Waals surface area contributed by atoms with E-state index in [-0.39, 0.29) is 11.7 Å². The third-order valence-electron chi connectivity index (χ3n) is 1.72. The second-order valence-corrected chi connectivity index (χ2v) is 5.99. The maximum absolute atomic E-state index is 11.7. The first-order valence-electron chi connectivity index (χ1n) is 5.58. The zero-order valence-electron chi connectivity index (χ0n) is 11.5. The van der Waals surface area contributed by atoms with Gasteiger partial charge in [0.1, 0.15) is 11.6 Å². The highest BCUT2D eigenvalue weighted by Crippen LogP contribution is 2.15. The Labute approximate surface area is 98.5 Å². The van der Waals surface area contributed by atoms with Crippen LogP contribution in [0.2, 0.25) is 0 Å². The number of esters is 1. The van der Waals surface area contributed by atoms with E-state index < -0.39 is 17.6 Å². The monoisotopic (exact) mass is 231 g/mol. The maximum Gasteiger partial charge on any atom is 0.326 e. The molecule has 0 amide bonds. The molecule has 0 radical (unpaired) electrons. The zero-order chi connectivity index (χ0) is 13.1. The van der Waals surface area contributed by atoms with Crippen LogP contribution in [0.15, 0.2) is 0 Å². The first-order chi connectivity index (χ1) is 6.92. The minimum atomic E-state index is -0.751. The number of rotatable bonds is 3. The van der Waals surface area contributed by atoms with Gasteiger partial charge in [0, 0.05) is 0 Å². The highest BCUT2D eigenvalue weighted by molar-refractivity contribution is 5.76. The van der Waals surface area contributed by atoms with Crippen molar-refractivity contribution in [2.45, 2.75) is 71.8 Å². The van der Waals surface area contributed by atoms with Gasteiger partial charge < -0.3 is 15.2 Å². The fraction of sp³-hybridized carbons (Fsp3) is 0.917. The van der Waals surface area contributed by atoms with Crippen LogP contribution in [0.4, 0.5) is 0 Å². The molecule has 2 atom stereocenters. The molecule has 0 saturated heterocycles. The summed E-state index contributed by atoms with van der Waals surface area (Å²) in [7, 11) is 0. The molecule has 0 heterocycles. The van der Waals surface area contributed by atoms with Crippen LogP contribution in [0.25, 0.3) is 0 Å². The van der Waals surface area contributed by atoms with Gasteiger partial charge in [0.15, 0.2) is 0 Å². The average molecular weight is 231 g/mol. The molecule has 0 bridgehead atoms. The van der Waals surface area contributed by atoms with Gasteiger partial charge in [-0.25, -0.2) is 0 Å². The lowest BCUT2D eigenvalue weighted by Gasteiger charge is -2.29. The van der Waals surface area contributed by atoms with Crippen LogP contribution in [-0.4, -0.2) is 29.3 Å². The molecule has 0 aromatic heterocycles. The molecule has 4 nitrogen and oxygen atoms in total. The molecule has 4 heteroatoms. The Bertz CT molecular complexity index is 238. The lowest BCUT2D eigenvalue weighted by Crippen LogP contribution is -2.47. The van der Waals surface area contributed by atoms with Crippen LogP contribution in [0.5, 0.6) is 0 Å². The Hall–Kier alpha value is -0.610. The molecule has 0 aliphatic carbocycles. The first kappa shape index (κ1) is 15.4. The molecule has 0 aliphatic heterocycles. The van der Waals surface area contributed by atoms with Crippen molar-refractivity contribution in [2.75, 3.05) is 0 Å². The van der Waals surface area contributed by atoms with Crippen molar-refractivity contribution in [3.05, 3.63) is 0 Å². The largest absolute Gasteiger partial charge is 0.459 e. The smallest absolute Gasteiger partial charge is 0.326 e. The van der Waals surface area contributed by atoms with Gasteiger partial charge in [0.2, 0.25) is 0 Å². The van der Waals surface area contributed by atoms with Crippen molar-refractivity contribution in [2.24, 2.45) is 5.73 Å². The minimum Gasteiger partial charge on any atom is -0.459 e. The molecule has 0 fully saturated rings. The summed E-state index contributed by atoms with van der Waals surface area (Å²) >= 11 is 0. The highest BCUT2D eigenvalue weighted by atomic mass is 16.6. The van der Waals surface area contributed by atoms with Crippen LogP contribution in [0, 0.1) is 0 Å². The summed E-state index contributed by atoms with van der Waals surface area (Å²) in [5.74, 6) is -0.427. The molecule has 2 unspecified atom stereocenters. The van der Waals surface area contributed by atoms with Gasteiger partial charge in [-0.15, -0.1) is 0 Å². The topological polar surface area (TPSA) is 61.5 Å². The van der Waals surface area contributed by atoms with Gasteiger partial charge in [0.25, 0.3) is 0 Å². The predicted molar refractivity (Wildman–Crippen MR) is 64.1 cm³/mol. The summed E-state index contributed by atoms with van der Waals surface area (Å²) < 4.78 is 10.8. The summed E-state index contributed by atoms with van der Waals surface area (Å²) in [5, 5.41) is 0. The zero-order valence-corrected chi connectivity index (χ0v) is 11.5. The standard InChI is InChI=1S/C12H25NO3/c1-8(15-11(2,3)4)9(13)10(14)16-12(5,6)7/h8-9H,13H2,1-7H3. The van der Waals surface area contributed by atoms with Crippen molar-refractivity contribution >= 4 is 5.97 Å². The molecule has 16 heavy (non-hydrogen) atoms. The third kappa shape index (κ3) is 6.80. The van der Waals surface area contributed by atoms with Crippen molar-refractivity contribution in [3.63, 3.8) is 0 Å².